The summed E-state index contributed by atoms with van der Waals surface area (Å²) < 4.78 is 3.92. The number of piperazine rings is 1. The maximum Gasteiger partial charge on any atom is 0.168 e. The molecule has 0 atom stereocenters. The van der Waals surface area contributed by atoms with Crippen LogP contribution in [0.3, 0.4) is 0 Å². The van der Waals surface area contributed by atoms with Gasteiger partial charge >= 0.3 is 0 Å². The molecule has 0 unspecified atom stereocenters. The van der Waals surface area contributed by atoms with Gasteiger partial charge in [0.1, 0.15) is 4.70 Å². The van der Waals surface area contributed by atoms with E-state index in [4.69, 9.17) is 22.2 Å². The highest BCUT2D eigenvalue weighted by Crippen LogP contribution is 2.34. The summed E-state index contributed by atoms with van der Waals surface area (Å²) in [6.07, 6.45) is 0. The van der Waals surface area contributed by atoms with E-state index in [1.807, 2.05) is 36.4 Å². The lowest BCUT2D eigenvalue weighted by Crippen LogP contribution is -2.44. The summed E-state index contributed by atoms with van der Waals surface area (Å²) in [6.45, 7) is 3.95. The standard InChI is InChI=1S/C22H21N5S2/c1-25-12-14-26(15-13-25)20-18-21(24-19(23-20)16-8-4-2-5-9-16)27(22(28)29-18)17-10-6-3-7-11-17/h2-11H,12-15H2,1H3. The fourth-order valence-corrected chi connectivity index (χ4v) is 5.04. The second-order valence-electron chi connectivity index (χ2n) is 7.22. The number of likely N-dealkylation sites (N-methyl/N-ethyl adjacent to an activating group) is 1. The zero-order valence-electron chi connectivity index (χ0n) is 16.2. The van der Waals surface area contributed by atoms with E-state index in [0.29, 0.717) is 0 Å². The lowest BCUT2D eigenvalue weighted by molar-refractivity contribution is 0.312. The molecule has 0 bridgehead atoms. The summed E-state index contributed by atoms with van der Waals surface area (Å²) >= 11 is 7.36. The summed E-state index contributed by atoms with van der Waals surface area (Å²) in [4.78, 5) is 14.7. The average Bonchev–Trinajstić information content (AvgIpc) is 3.10. The van der Waals surface area contributed by atoms with Gasteiger partial charge in [0.2, 0.25) is 0 Å². The van der Waals surface area contributed by atoms with Crippen LogP contribution >= 0.6 is 23.6 Å². The van der Waals surface area contributed by atoms with Crippen molar-refractivity contribution >= 4 is 39.7 Å². The summed E-state index contributed by atoms with van der Waals surface area (Å²) in [6, 6.07) is 20.4. The Balaban J connectivity index is 1.76. The molecule has 0 aliphatic carbocycles. The first-order chi connectivity index (χ1) is 14.2. The lowest BCUT2D eigenvalue weighted by Gasteiger charge is -2.33. The molecule has 2 aromatic heterocycles. The van der Waals surface area contributed by atoms with Crippen molar-refractivity contribution in [3.05, 3.63) is 64.6 Å². The predicted molar refractivity (Wildman–Crippen MR) is 123 cm³/mol. The average molecular weight is 420 g/mol. The summed E-state index contributed by atoms with van der Waals surface area (Å²) in [5, 5.41) is 0. The highest BCUT2D eigenvalue weighted by Gasteiger charge is 2.23. The molecule has 0 N–H and O–H groups in total. The van der Waals surface area contributed by atoms with Crippen molar-refractivity contribution in [1.29, 1.82) is 0 Å². The van der Waals surface area contributed by atoms with Gasteiger partial charge in [-0.25, -0.2) is 9.97 Å². The van der Waals surface area contributed by atoms with E-state index in [2.05, 4.69) is 45.7 Å². The molecule has 146 valence electrons. The molecule has 1 saturated heterocycles. The molecule has 7 heteroatoms. The number of anilines is 1. The van der Waals surface area contributed by atoms with Crippen LogP contribution in [0.2, 0.25) is 0 Å². The molecule has 1 aliphatic rings. The summed E-state index contributed by atoms with van der Waals surface area (Å²) in [7, 11) is 2.16. The van der Waals surface area contributed by atoms with Gasteiger partial charge in [-0.05, 0) is 31.4 Å². The molecule has 0 amide bonds. The molecule has 0 radical (unpaired) electrons. The van der Waals surface area contributed by atoms with Crippen LogP contribution < -0.4 is 4.90 Å². The number of aromatic nitrogens is 3. The number of nitrogens with zero attached hydrogens (tertiary/aromatic N) is 5. The van der Waals surface area contributed by atoms with Gasteiger partial charge in [-0.2, -0.15) is 0 Å². The number of benzene rings is 2. The van der Waals surface area contributed by atoms with Crippen LogP contribution in [0.5, 0.6) is 0 Å². The van der Waals surface area contributed by atoms with E-state index in [-0.39, 0.29) is 0 Å². The summed E-state index contributed by atoms with van der Waals surface area (Å²) in [5.74, 6) is 1.73. The topological polar surface area (TPSA) is 37.2 Å². The maximum absolute atomic E-state index is 5.76. The maximum atomic E-state index is 5.76. The SMILES string of the molecule is CN1CCN(c2nc(-c3ccccc3)nc3c2sc(=S)n3-c2ccccc2)CC1. The Morgan fingerprint density at radius 3 is 2.21 bits per heavy atom. The molecule has 3 heterocycles. The van der Waals surface area contributed by atoms with Gasteiger partial charge in [0.05, 0.1) is 0 Å². The fraction of sp³-hybridized carbons (Fsp3) is 0.227. The number of rotatable bonds is 3. The molecule has 29 heavy (non-hydrogen) atoms. The highest BCUT2D eigenvalue weighted by molar-refractivity contribution is 7.73. The van der Waals surface area contributed by atoms with Crippen LogP contribution in [0.25, 0.3) is 27.4 Å². The summed E-state index contributed by atoms with van der Waals surface area (Å²) in [5.41, 5.74) is 2.93. The lowest BCUT2D eigenvalue weighted by atomic mass is 10.2. The quantitative estimate of drug-likeness (QED) is 0.453. The molecule has 5 nitrogen and oxygen atoms in total. The third-order valence-electron chi connectivity index (χ3n) is 5.26. The van der Waals surface area contributed by atoms with Crippen molar-refractivity contribution in [1.82, 2.24) is 19.4 Å². The molecule has 0 spiro atoms. The van der Waals surface area contributed by atoms with Gasteiger partial charge in [-0.3, -0.25) is 4.57 Å². The van der Waals surface area contributed by atoms with Crippen molar-refractivity contribution in [2.75, 3.05) is 38.1 Å². The van der Waals surface area contributed by atoms with Crippen molar-refractivity contribution < 1.29 is 0 Å². The molecule has 5 rings (SSSR count). The van der Waals surface area contributed by atoms with Crippen LogP contribution in [-0.2, 0) is 0 Å². The first-order valence-corrected chi connectivity index (χ1v) is 10.9. The Labute approximate surface area is 178 Å². The monoisotopic (exact) mass is 419 g/mol. The van der Waals surface area contributed by atoms with Crippen LogP contribution in [-0.4, -0.2) is 52.7 Å². The van der Waals surface area contributed by atoms with Crippen LogP contribution in [0.1, 0.15) is 0 Å². The predicted octanol–water partition coefficient (Wildman–Crippen LogP) is 4.63. The van der Waals surface area contributed by atoms with Gasteiger partial charge < -0.3 is 9.80 Å². The van der Waals surface area contributed by atoms with Crippen LogP contribution in [0.15, 0.2) is 60.7 Å². The van der Waals surface area contributed by atoms with Crippen molar-refractivity contribution in [3.63, 3.8) is 0 Å². The Kier molecular flexibility index (Phi) is 4.87. The van der Waals surface area contributed by atoms with E-state index in [1.165, 1.54) is 0 Å². The molecule has 4 aromatic rings. The smallest absolute Gasteiger partial charge is 0.168 e. The molecule has 1 aliphatic heterocycles. The van der Waals surface area contributed by atoms with Gasteiger partial charge in [0.15, 0.2) is 21.2 Å². The minimum absolute atomic E-state index is 0.740. The third kappa shape index (κ3) is 3.46. The van der Waals surface area contributed by atoms with E-state index < -0.39 is 0 Å². The van der Waals surface area contributed by atoms with Crippen LogP contribution in [0.4, 0.5) is 5.82 Å². The van der Waals surface area contributed by atoms with Crippen molar-refractivity contribution in [2.24, 2.45) is 0 Å². The van der Waals surface area contributed by atoms with E-state index in [9.17, 15) is 0 Å². The Morgan fingerprint density at radius 1 is 0.862 bits per heavy atom. The third-order valence-corrected chi connectivity index (χ3v) is 6.62. The van der Waals surface area contributed by atoms with Crippen molar-refractivity contribution in [3.8, 4) is 17.1 Å². The molecular formula is C22H21N5S2. The van der Waals surface area contributed by atoms with E-state index in [1.54, 1.807) is 11.3 Å². The largest absolute Gasteiger partial charge is 0.353 e. The van der Waals surface area contributed by atoms with Gasteiger partial charge in [0.25, 0.3) is 0 Å². The van der Waals surface area contributed by atoms with E-state index >= 15 is 0 Å². The van der Waals surface area contributed by atoms with Gasteiger partial charge in [0, 0.05) is 37.4 Å². The van der Waals surface area contributed by atoms with Crippen molar-refractivity contribution in [2.45, 2.75) is 0 Å². The normalized spacial score (nSPS) is 15.1. The molecule has 2 aromatic carbocycles. The first kappa shape index (κ1) is 18.4. The number of thiazole rings is 1. The fourth-order valence-electron chi connectivity index (χ4n) is 3.64. The second kappa shape index (κ2) is 7.67. The van der Waals surface area contributed by atoms with Crippen LogP contribution in [0, 0.1) is 3.95 Å². The number of hydrogen-bond donors (Lipinski definition) is 0. The Bertz CT molecular complexity index is 1190. The first-order valence-electron chi connectivity index (χ1n) is 9.68. The minimum atomic E-state index is 0.740. The van der Waals surface area contributed by atoms with Gasteiger partial charge in [-0.1, -0.05) is 59.9 Å². The second-order valence-corrected chi connectivity index (χ2v) is 8.86. The molecule has 1 fully saturated rings. The van der Waals surface area contributed by atoms with E-state index in [0.717, 1.165) is 63.4 Å². The number of hydrogen-bond acceptors (Lipinski definition) is 6. The zero-order chi connectivity index (χ0) is 19.8. The molecule has 0 saturated carbocycles. The number of para-hydroxylation sites is 1. The Morgan fingerprint density at radius 2 is 1.52 bits per heavy atom. The highest BCUT2D eigenvalue weighted by atomic mass is 32.1. The minimum Gasteiger partial charge on any atom is -0.353 e. The molecular weight excluding hydrogens is 398 g/mol. The van der Waals surface area contributed by atoms with Gasteiger partial charge in [-0.15, -0.1) is 0 Å². The Hall–Kier alpha value is -2.61. The number of fused-ring (bicyclic) bond motifs is 1. The zero-order valence-corrected chi connectivity index (χ0v) is 17.8.